The van der Waals surface area contributed by atoms with Gasteiger partial charge in [0.2, 0.25) is 5.75 Å². The molecule has 146 valence electrons. The average molecular weight is 462 g/mol. The van der Waals surface area contributed by atoms with Crippen LogP contribution in [0.3, 0.4) is 0 Å². The standard InChI is InChI=1S/C20H20BrN3O3S/c1-20(2,3)12-4-5-13-14(9-22)19(28-17(13)8-12)23-10-11-6-15(21)18(25)16(7-11)24(26)27/h6-7,10,12,25H,4-5,8H2,1-3H3/t12-/m0/s1. The largest absolute Gasteiger partial charge is 0.501 e. The number of phenolic OH excluding ortho intramolecular Hbond substituents is 1. The van der Waals surface area contributed by atoms with Crippen molar-refractivity contribution < 1.29 is 10.0 Å². The van der Waals surface area contributed by atoms with E-state index in [2.05, 4.69) is 47.8 Å². The molecular weight excluding hydrogens is 442 g/mol. The van der Waals surface area contributed by atoms with Gasteiger partial charge < -0.3 is 5.11 Å². The van der Waals surface area contributed by atoms with Gasteiger partial charge in [-0.2, -0.15) is 5.26 Å². The molecule has 0 spiro atoms. The molecule has 0 saturated carbocycles. The first-order valence-electron chi connectivity index (χ1n) is 8.87. The zero-order chi connectivity index (χ0) is 20.6. The number of thiophene rings is 1. The molecule has 0 bridgehead atoms. The van der Waals surface area contributed by atoms with E-state index in [0.29, 0.717) is 22.0 Å². The fraction of sp³-hybridized carbons (Fsp3) is 0.400. The summed E-state index contributed by atoms with van der Waals surface area (Å²) in [5.41, 5.74) is 2.00. The van der Waals surface area contributed by atoms with Crippen LogP contribution >= 0.6 is 27.3 Å². The number of aromatic hydroxyl groups is 1. The van der Waals surface area contributed by atoms with Crippen LogP contribution in [0.5, 0.6) is 5.75 Å². The van der Waals surface area contributed by atoms with Gasteiger partial charge in [-0.05, 0) is 58.2 Å². The van der Waals surface area contributed by atoms with Crippen LogP contribution in [0.4, 0.5) is 10.7 Å². The molecule has 1 aromatic carbocycles. The van der Waals surface area contributed by atoms with Gasteiger partial charge in [0, 0.05) is 22.7 Å². The van der Waals surface area contributed by atoms with Gasteiger partial charge in [0.05, 0.1) is 15.0 Å². The highest BCUT2D eigenvalue weighted by molar-refractivity contribution is 9.10. The molecule has 0 unspecified atom stereocenters. The third kappa shape index (κ3) is 3.96. The van der Waals surface area contributed by atoms with E-state index in [1.165, 1.54) is 28.5 Å². The van der Waals surface area contributed by atoms with Gasteiger partial charge in [-0.3, -0.25) is 10.1 Å². The number of rotatable bonds is 3. The van der Waals surface area contributed by atoms with Crippen molar-refractivity contribution in [3.63, 3.8) is 0 Å². The summed E-state index contributed by atoms with van der Waals surface area (Å²) >= 11 is 4.65. The summed E-state index contributed by atoms with van der Waals surface area (Å²) in [4.78, 5) is 16.1. The minimum Gasteiger partial charge on any atom is -0.501 e. The average Bonchev–Trinajstić information content (AvgIpc) is 2.98. The van der Waals surface area contributed by atoms with E-state index in [-0.39, 0.29) is 9.89 Å². The molecule has 1 aromatic heterocycles. The van der Waals surface area contributed by atoms with Crippen LogP contribution < -0.4 is 0 Å². The molecule has 28 heavy (non-hydrogen) atoms. The number of aliphatic imine (C=N–C) groups is 1. The number of benzene rings is 1. The zero-order valence-electron chi connectivity index (χ0n) is 15.8. The van der Waals surface area contributed by atoms with E-state index in [1.54, 1.807) is 6.07 Å². The molecule has 3 rings (SSSR count). The van der Waals surface area contributed by atoms with Crippen LogP contribution in [0.1, 0.15) is 48.8 Å². The predicted molar refractivity (Wildman–Crippen MR) is 114 cm³/mol. The van der Waals surface area contributed by atoms with Gasteiger partial charge in [0.1, 0.15) is 11.1 Å². The van der Waals surface area contributed by atoms with Crippen LogP contribution in [-0.4, -0.2) is 16.2 Å². The minimum atomic E-state index is -0.644. The van der Waals surface area contributed by atoms with Crippen molar-refractivity contribution in [3.05, 3.63) is 48.3 Å². The lowest BCUT2D eigenvalue weighted by Gasteiger charge is -2.33. The SMILES string of the molecule is CC(C)(C)[C@H]1CCc2c(sc(N=Cc3cc(Br)c(O)c([N+](=O)[O-])c3)c2C#N)C1. The maximum Gasteiger partial charge on any atom is 0.312 e. The molecule has 8 heteroatoms. The van der Waals surface area contributed by atoms with E-state index >= 15 is 0 Å². The first kappa shape index (κ1) is 20.5. The fourth-order valence-corrected chi connectivity index (χ4v) is 5.16. The van der Waals surface area contributed by atoms with Crippen molar-refractivity contribution in [2.45, 2.75) is 40.0 Å². The Morgan fingerprint density at radius 1 is 1.46 bits per heavy atom. The number of hydrogen-bond acceptors (Lipinski definition) is 6. The molecule has 2 aromatic rings. The number of phenols is 1. The van der Waals surface area contributed by atoms with Crippen molar-refractivity contribution in [1.29, 1.82) is 5.26 Å². The van der Waals surface area contributed by atoms with Crippen molar-refractivity contribution in [3.8, 4) is 11.8 Å². The number of hydrogen-bond donors (Lipinski definition) is 1. The lowest BCUT2D eigenvalue weighted by molar-refractivity contribution is -0.386. The highest BCUT2D eigenvalue weighted by atomic mass is 79.9. The Kier molecular flexibility index (Phi) is 5.60. The van der Waals surface area contributed by atoms with Gasteiger partial charge in [0.25, 0.3) is 0 Å². The molecule has 0 saturated heterocycles. The van der Waals surface area contributed by atoms with E-state index in [4.69, 9.17) is 0 Å². The quantitative estimate of drug-likeness (QED) is 0.349. The summed E-state index contributed by atoms with van der Waals surface area (Å²) in [6, 6.07) is 5.10. The number of nitro groups is 1. The molecule has 1 heterocycles. The molecule has 0 fully saturated rings. The monoisotopic (exact) mass is 461 g/mol. The summed E-state index contributed by atoms with van der Waals surface area (Å²) in [5, 5.41) is 31.1. The van der Waals surface area contributed by atoms with Crippen LogP contribution in [0.15, 0.2) is 21.6 Å². The maximum atomic E-state index is 11.1. The topological polar surface area (TPSA) is 99.5 Å². The molecule has 1 N–H and O–H groups in total. The highest BCUT2D eigenvalue weighted by Crippen LogP contribution is 2.45. The maximum absolute atomic E-state index is 11.1. The van der Waals surface area contributed by atoms with Crippen molar-refractivity contribution in [2.24, 2.45) is 16.3 Å². The number of nitro benzene ring substituents is 1. The van der Waals surface area contributed by atoms with Crippen molar-refractivity contribution >= 4 is 44.2 Å². The number of nitrogens with zero attached hydrogens (tertiary/aromatic N) is 3. The predicted octanol–water partition coefficient (Wildman–Crippen LogP) is 5.90. The van der Waals surface area contributed by atoms with Gasteiger partial charge in [0.15, 0.2) is 0 Å². The minimum absolute atomic E-state index is 0.217. The van der Waals surface area contributed by atoms with Gasteiger partial charge in [-0.15, -0.1) is 11.3 Å². The third-order valence-electron chi connectivity index (χ3n) is 5.18. The van der Waals surface area contributed by atoms with Crippen LogP contribution in [0, 0.1) is 32.8 Å². The zero-order valence-corrected chi connectivity index (χ0v) is 18.2. The molecule has 0 amide bonds. The molecule has 6 nitrogen and oxygen atoms in total. The molecule has 1 atom stereocenters. The van der Waals surface area contributed by atoms with E-state index in [1.807, 2.05) is 0 Å². The van der Waals surface area contributed by atoms with Crippen LogP contribution in [0.25, 0.3) is 0 Å². The lowest BCUT2D eigenvalue weighted by Crippen LogP contribution is -2.26. The normalized spacial score (nSPS) is 16.8. The second-order valence-corrected chi connectivity index (χ2v) is 9.93. The first-order chi connectivity index (χ1) is 13.1. The second kappa shape index (κ2) is 7.64. The third-order valence-corrected chi connectivity index (χ3v) is 6.94. The Bertz CT molecular complexity index is 1020. The fourth-order valence-electron chi connectivity index (χ4n) is 3.47. The van der Waals surface area contributed by atoms with Crippen LogP contribution in [-0.2, 0) is 12.8 Å². The Morgan fingerprint density at radius 3 is 2.79 bits per heavy atom. The summed E-state index contributed by atoms with van der Waals surface area (Å²) in [5.74, 6) is 0.150. The summed E-state index contributed by atoms with van der Waals surface area (Å²) < 4.78 is 0.224. The highest BCUT2D eigenvalue weighted by Gasteiger charge is 2.32. The molecule has 0 aliphatic heterocycles. The van der Waals surface area contributed by atoms with E-state index in [9.17, 15) is 20.5 Å². The lowest BCUT2D eigenvalue weighted by atomic mass is 9.72. The molecule has 1 aliphatic carbocycles. The number of fused-ring (bicyclic) bond motifs is 1. The molecule has 0 radical (unpaired) electrons. The van der Waals surface area contributed by atoms with Crippen molar-refractivity contribution in [2.75, 3.05) is 0 Å². The number of nitriles is 1. The Labute approximate surface area is 175 Å². The Balaban J connectivity index is 1.95. The Hall–Kier alpha value is -2.24. The summed E-state index contributed by atoms with van der Waals surface area (Å²) in [6.45, 7) is 6.74. The second-order valence-electron chi connectivity index (χ2n) is 7.99. The summed E-state index contributed by atoms with van der Waals surface area (Å²) in [6.07, 6.45) is 4.38. The smallest absolute Gasteiger partial charge is 0.312 e. The van der Waals surface area contributed by atoms with Crippen LogP contribution in [0.2, 0.25) is 0 Å². The van der Waals surface area contributed by atoms with Gasteiger partial charge in [-0.1, -0.05) is 20.8 Å². The van der Waals surface area contributed by atoms with Gasteiger partial charge in [-0.25, -0.2) is 4.99 Å². The first-order valence-corrected chi connectivity index (χ1v) is 10.5. The molecule has 1 aliphatic rings. The van der Waals surface area contributed by atoms with Crippen molar-refractivity contribution in [1.82, 2.24) is 0 Å². The van der Waals surface area contributed by atoms with Gasteiger partial charge >= 0.3 is 5.69 Å². The molecular formula is C20H20BrN3O3S. The van der Waals surface area contributed by atoms with E-state index < -0.39 is 16.4 Å². The Morgan fingerprint density at radius 2 is 2.18 bits per heavy atom. The van der Waals surface area contributed by atoms with E-state index in [0.717, 1.165) is 24.8 Å². The summed E-state index contributed by atoms with van der Waals surface area (Å²) in [7, 11) is 0. The number of halogens is 1.